The second kappa shape index (κ2) is 5.84. The first-order valence-corrected chi connectivity index (χ1v) is 7.76. The van der Waals surface area contributed by atoms with Crippen LogP contribution in [0, 0.1) is 0 Å². The van der Waals surface area contributed by atoms with Crippen LogP contribution >= 0.6 is 0 Å². The molecule has 0 amide bonds. The largest absolute Gasteiger partial charge is 0.377 e. The smallest absolute Gasteiger partial charge is 0.0777 e. The van der Waals surface area contributed by atoms with Gasteiger partial charge in [0.15, 0.2) is 0 Å². The van der Waals surface area contributed by atoms with Gasteiger partial charge < -0.3 is 10.1 Å². The molecular weight excluding hydrogens is 248 g/mol. The van der Waals surface area contributed by atoms with Crippen molar-refractivity contribution >= 4 is 0 Å². The maximum Gasteiger partial charge on any atom is 0.0777 e. The van der Waals surface area contributed by atoms with Crippen molar-refractivity contribution in [3.8, 4) is 0 Å². The van der Waals surface area contributed by atoms with Gasteiger partial charge in [0, 0.05) is 32.8 Å². The first-order chi connectivity index (χ1) is 9.68. The molecule has 0 aliphatic carbocycles. The van der Waals surface area contributed by atoms with Crippen LogP contribution in [0.25, 0.3) is 0 Å². The van der Waals surface area contributed by atoms with Crippen molar-refractivity contribution in [2.45, 2.75) is 44.4 Å². The van der Waals surface area contributed by atoms with Crippen molar-refractivity contribution < 1.29 is 4.74 Å². The maximum absolute atomic E-state index is 5.69. The monoisotopic (exact) mass is 274 g/mol. The Morgan fingerprint density at radius 1 is 1.35 bits per heavy atom. The van der Waals surface area contributed by atoms with Gasteiger partial charge in [-0.05, 0) is 43.9 Å². The first kappa shape index (κ1) is 14.1. The molecule has 2 aliphatic rings. The molecule has 0 radical (unpaired) electrons. The van der Waals surface area contributed by atoms with Crippen LogP contribution in [0.1, 0.15) is 30.9 Å². The molecule has 2 aliphatic heterocycles. The van der Waals surface area contributed by atoms with Gasteiger partial charge >= 0.3 is 0 Å². The normalized spacial score (nSPS) is 31.0. The van der Waals surface area contributed by atoms with Crippen LogP contribution in [0.15, 0.2) is 24.3 Å². The summed E-state index contributed by atoms with van der Waals surface area (Å²) in [5.41, 5.74) is 3.03. The van der Waals surface area contributed by atoms with Crippen LogP contribution in [-0.2, 0) is 17.7 Å². The molecule has 1 N–H and O–H groups in total. The average Bonchev–Trinajstić information content (AvgIpc) is 2.47. The van der Waals surface area contributed by atoms with E-state index in [2.05, 4.69) is 41.4 Å². The van der Waals surface area contributed by atoms with Crippen LogP contribution in [0.4, 0.5) is 0 Å². The predicted octanol–water partition coefficient (Wildman–Crippen LogP) is 2.20. The van der Waals surface area contributed by atoms with Gasteiger partial charge in [-0.25, -0.2) is 0 Å². The Morgan fingerprint density at radius 2 is 2.15 bits per heavy atom. The van der Waals surface area contributed by atoms with E-state index in [1.165, 1.54) is 30.5 Å². The lowest BCUT2D eigenvalue weighted by Crippen LogP contribution is -2.52. The summed E-state index contributed by atoms with van der Waals surface area (Å²) in [6, 6.07) is 9.38. The van der Waals surface area contributed by atoms with Gasteiger partial charge in [-0.15, -0.1) is 0 Å². The summed E-state index contributed by atoms with van der Waals surface area (Å²) >= 11 is 0. The van der Waals surface area contributed by atoms with Gasteiger partial charge in [-0.3, -0.25) is 4.90 Å². The van der Waals surface area contributed by atoms with E-state index >= 15 is 0 Å². The molecule has 3 heteroatoms. The number of benzene rings is 1. The highest BCUT2D eigenvalue weighted by molar-refractivity contribution is 5.29. The van der Waals surface area contributed by atoms with Gasteiger partial charge in [-0.2, -0.15) is 0 Å². The molecule has 1 saturated heterocycles. The number of likely N-dealkylation sites (tertiary alicyclic amines) is 1. The Kier molecular flexibility index (Phi) is 4.11. The Labute approximate surface area is 122 Å². The second-order valence-corrected chi connectivity index (χ2v) is 6.54. The van der Waals surface area contributed by atoms with Crippen LogP contribution in [0.2, 0.25) is 0 Å². The van der Waals surface area contributed by atoms with Crippen molar-refractivity contribution in [3.63, 3.8) is 0 Å². The van der Waals surface area contributed by atoms with E-state index in [0.717, 1.165) is 26.1 Å². The summed E-state index contributed by atoms with van der Waals surface area (Å²) in [6.45, 7) is 6.65. The fraction of sp³-hybridized carbons (Fsp3) is 0.647. The van der Waals surface area contributed by atoms with Crippen molar-refractivity contribution in [3.05, 3.63) is 35.4 Å². The topological polar surface area (TPSA) is 24.5 Å². The SMILES string of the molecule is COC1(C)CCCN(CC2Cc3ccccc3CN2)C1. The molecule has 110 valence electrons. The minimum atomic E-state index is 0.0465. The van der Waals surface area contributed by atoms with Gasteiger partial charge in [0.1, 0.15) is 0 Å². The van der Waals surface area contributed by atoms with Crippen molar-refractivity contribution in [2.24, 2.45) is 0 Å². The highest BCUT2D eigenvalue weighted by atomic mass is 16.5. The molecule has 20 heavy (non-hydrogen) atoms. The van der Waals surface area contributed by atoms with E-state index in [1.807, 2.05) is 7.11 Å². The Balaban J connectivity index is 1.59. The fourth-order valence-electron chi connectivity index (χ4n) is 3.59. The number of rotatable bonds is 3. The number of nitrogens with zero attached hydrogens (tertiary/aromatic N) is 1. The number of piperidine rings is 1. The minimum Gasteiger partial charge on any atom is -0.377 e. The molecule has 0 spiro atoms. The average molecular weight is 274 g/mol. The van der Waals surface area contributed by atoms with E-state index in [-0.39, 0.29) is 5.60 Å². The number of methoxy groups -OCH3 is 1. The van der Waals surface area contributed by atoms with E-state index in [4.69, 9.17) is 4.74 Å². The molecule has 2 atom stereocenters. The Morgan fingerprint density at radius 3 is 2.95 bits per heavy atom. The summed E-state index contributed by atoms with van der Waals surface area (Å²) in [5, 5.41) is 3.69. The quantitative estimate of drug-likeness (QED) is 0.914. The molecule has 1 fully saturated rings. The fourth-order valence-corrected chi connectivity index (χ4v) is 3.59. The molecule has 3 nitrogen and oxygen atoms in total. The zero-order chi connectivity index (χ0) is 14.0. The van der Waals surface area contributed by atoms with Crippen LogP contribution in [-0.4, -0.2) is 43.3 Å². The Hall–Kier alpha value is -0.900. The van der Waals surface area contributed by atoms with Gasteiger partial charge in [0.25, 0.3) is 0 Å². The highest BCUT2D eigenvalue weighted by Crippen LogP contribution is 2.25. The number of nitrogens with one attached hydrogen (secondary N) is 1. The van der Waals surface area contributed by atoms with Crippen LogP contribution in [0.5, 0.6) is 0 Å². The van der Waals surface area contributed by atoms with Gasteiger partial charge in [0.2, 0.25) is 0 Å². The van der Waals surface area contributed by atoms with Crippen LogP contribution in [0.3, 0.4) is 0 Å². The third-order valence-corrected chi connectivity index (χ3v) is 4.88. The third kappa shape index (κ3) is 3.05. The zero-order valence-electron chi connectivity index (χ0n) is 12.7. The summed E-state index contributed by atoms with van der Waals surface area (Å²) in [7, 11) is 1.85. The lowest BCUT2D eigenvalue weighted by molar-refractivity contribution is -0.0524. The summed E-state index contributed by atoms with van der Waals surface area (Å²) in [6.07, 6.45) is 3.57. The molecule has 3 rings (SSSR count). The lowest BCUT2D eigenvalue weighted by Gasteiger charge is -2.41. The van der Waals surface area contributed by atoms with E-state index in [0.29, 0.717) is 6.04 Å². The van der Waals surface area contributed by atoms with Crippen LogP contribution < -0.4 is 5.32 Å². The summed E-state index contributed by atoms with van der Waals surface area (Å²) in [4.78, 5) is 2.57. The minimum absolute atomic E-state index is 0.0465. The molecule has 0 saturated carbocycles. The van der Waals surface area contributed by atoms with Gasteiger partial charge in [0.05, 0.1) is 5.60 Å². The standard InChI is InChI=1S/C17H26N2O/c1-17(20-2)8-5-9-19(13-17)12-16-10-14-6-3-4-7-15(14)11-18-16/h3-4,6-7,16,18H,5,8-13H2,1-2H3. The number of hydrogen-bond acceptors (Lipinski definition) is 3. The molecule has 0 aromatic heterocycles. The zero-order valence-corrected chi connectivity index (χ0v) is 12.7. The van der Waals surface area contributed by atoms with E-state index in [9.17, 15) is 0 Å². The van der Waals surface area contributed by atoms with Crippen molar-refractivity contribution in [2.75, 3.05) is 26.7 Å². The summed E-state index contributed by atoms with van der Waals surface area (Å²) in [5.74, 6) is 0. The lowest BCUT2D eigenvalue weighted by atomic mass is 9.92. The first-order valence-electron chi connectivity index (χ1n) is 7.76. The molecule has 2 heterocycles. The third-order valence-electron chi connectivity index (χ3n) is 4.88. The number of ether oxygens (including phenoxy) is 1. The molecule has 1 aromatic carbocycles. The molecule has 0 bridgehead atoms. The van der Waals surface area contributed by atoms with Gasteiger partial charge in [-0.1, -0.05) is 24.3 Å². The summed E-state index contributed by atoms with van der Waals surface area (Å²) < 4.78 is 5.69. The molecule has 1 aromatic rings. The molecular formula is C17H26N2O. The highest BCUT2D eigenvalue weighted by Gasteiger charge is 2.32. The van der Waals surface area contributed by atoms with E-state index in [1.54, 1.807) is 0 Å². The number of hydrogen-bond donors (Lipinski definition) is 1. The maximum atomic E-state index is 5.69. The molecule has 2 unspecified atom stereocenters. The Bertz CT molecular complexity index is 462. The second-order valence-electron chi connectivity index (χ2n) is 6.54. The van der Waals surface area contributed by atoms with Crippen molar-refractivity contribution in [1.82, 2.24) is 10.2 Å². The van der Waals surface area contributed by atoms with E-state index < -0.39 is 0 Å². The number of fused-ring (bicyclic) bond motifs is 1. The predicted molar refractivity (Wildman–Crippen MR) is 81.9 cm³/mol. The van der Waals surface area contributed by atoms with Crippen molar-refractivity contribution in [1.29, 1.82) is 0 Å².